The quantitative estimate of drug-likeness (QED) is 0.835. The van der Waals surface area contributed by atoms with E-state index in [2.05, 4.69) is 46.5 Å². The maximum atomic E-state index is 9.25. The van der Waals surface area contributed by atoms with Crippen LogP contribution in [0.25, 0.3) is 0 Å². The Morgan fingerprint density at radius 1 is 1.41 bits per heavy atom. The third-order valence-electron chi connectivity index (χ3n) is 4.20. The second kappa shape index (κ2) is 6.68. The van der Waals surface area contributed by atoms with Crippen molar-refractivity contribution in [2.24, 2.45) is 5.92 Å². The minimum atomic E-state index is 0.336. The van der Waals surface area contributed by atoms with Gasteiger partial charge in [0, 0.05) is 13.1 Å². The largest absolute Gasteiger partial charge is 0.361 e. The molecule has 1 aliphatic heterocycles. The number of hydrogen-bond acceptors (Lipinski definition) is 4. The van der Waals surface area contributed by atoms with E-state index in [9.17, 15) is 5.26 Å². The zero-order chi connectivity index (χ0) is 15.5. The van der Waals surface area contributed by atoms with Crippen molar-refractivity contribution in [1.82, 2.24) is 4.37 Å². The lowest BCUT2D eigenvalue weighted by molar-refractivity contribution is 0.414. The van der Waals surface area contributed by atoms with Gasteiger partial charge in [-0.1, -0.05) is 41.4 Å². The number of anilines is 1. The van der Waals surface area contributed by atoms with Gasteiger partial charge in [-0.2, -0.15) is 9.64 Å². The van der Waals surface area contributed by atoms with Crippen LogP contribution in [0.4, 0.5) is 5.00 Å². The molecule has 0 N–H and O–H groups in total. The number of nitrogens with zero attached hydrogens (tertiary/aromatic N) is 3. The zero-order valence-corrected chi connectivity index (χ0v) is 14.1. The monoisotopic (exact) mass is 331 g/mol. The van der Waals surface area contributed by atoms with E-state index in [1.54, 1.807) is 0 Å². The standard InChI is InChI=1S/C17H18ClN3S/c1-12-4-6-13(7-5-12)9-14-3-2-8-21(11-14)17-15(10-19)16(18)20-22-17/h4-7,14H,2-3,8-9,11H2,1H3. The van der Waals surface area contributed by atoms with Crippen LogP contribution in [0.15, 0.2) is 24.3 Å². The number of aryl methyl sites for hydroxylation is 1. The summed E-state index contributed by atoms with van der Waals surface area (Å²) in [6.07, 6.45) is 3.47. The van der Waals surface area contributed by atoms with Crippen LogP contribution < -0.4 is 4.90 Å². The minimum absolute atomic E-state index is 0.336. The van der Waals surface area contributed by atoms with Crippen LogP contribution in [0.1, 0.15) is 29.5 Å². The summed E-state index contributed by atoms with van der Waals surface area (Å²) in [5.41, 5.74) is 3.22. The molecule has 114 valence electrons. The van der Waals surface area contributed by atoms with E-state index in [-0.39, 0.29) is 0 Å². The maximum absolute atomic E-state index is 9.25. The summed E-state index contributed by atoms with van der Waals surface area (Å²) >= 11 is 7.33. The molecular weight excluding hydrogens is 314 g/mol. The van der Waals surface area contributed by atoms with Crippen molar-refractivity contribution in [2.75, 3.05) is 18.0 Å². The summed E-state index contributed by atoms with van der Waals surface area (Å²) in [6, 6.07) is 11.0. The lowest BCUT2D eigenvalue weighted by Gasteiger charge is -2.33. The number of hydrogen-bond donors (Lipinski definition) is 0. The van der Waals surface area contributed by atoms with E-state index in [1.165, 1.54) is 29.1 Å². The first-order chi connectivity index (χ1) is 10.7. The van der Waals surface area contributed by atoms with Gasteiger partial charge in [-0.3, -0.25) is 0 Å². The van der Waals surface area contributed by atoms with Gasteiger partial charge in [0.05, 0.1) is 0 Å². The second-order valence-corrected chi connectivity index (χ2v) is 7.02. The molecule has 0 spiro atoms. The van der Waals surface area contributed by atoms with Crippen LogP contribution in [0.3, 0.4) is 0 Å². The highest BCUT2D eigenvalue weighted by Crippen LogP contribution is 2.34. The molecule has 5 heteroatoms. The summed E-state index contributed by atoms with van der Waals surface area (Å²) < 4.78 is 4.12. The van der Waals surface area contributed by atoms with Crippen LogP contribution in [-0.4, -0.2) is 17.5 Å². The third-order valence-corrected chi connectivity index (χ3v) is 5.48. The molecule has 1 unspecified atom stereocenters. The molecule has 3 rings (SSSR count). The number of aromatic nitrogens is 1. The smallest absolute Gasteiger partial charge is 0.162 e. The first-order valence-corrected chi connectivity index (χ1v) is 8.68. The van der Waals surface area contributed by atoms with Crippen LogP contribution in [0.2, 0.25) is 5.15 Å². The molecule has 2 heterocycles. The lowest BCUT2D eigenvalue weighted by atomic mass is 9.91. The summed E-state index contributed by atoms with van der Waals surface area (Å²) in [5, 5.41) is 10.5. The Hall–Kier alpha value is -1.57. The Labute approximate surface area is 140 Å². The number of benzene rings is 1. The van der Waals surface area contributed by atoms with Crippen molar-refractivity contribution < 1.29 is 0 Å². The first kappa shape index (κ1) is 15.3. The number of nitriles is 1. The second-order valence-electron chi connectivity index (χ2n) is 5.91. The third kappa shape index (κ3) is 3.26. The molecule has 1 aromatic heterocycles. The summed E-state index contributed by atoms with van der Waals surface area (Å²) in [6.45, 7) is 4.07. The highest BCUT2D eigenvalue weighted by Gasteiger charge is 2.25. The van der Waals surface area contributed by atoms with Crippen LogP contribution in [0.5, 0.6) is 0 Å². The maximum Gasteiger partial charge on any atom is 0.162 e. The Morgan fingerprint density at radius 2 is 2.18 bits per heavy atom. The van der Waals surface area contributed by atoms with E-state index < -0.39 is 0 Å². The summed E-state index contributed by atoms with van der Waals surface area (Å²) in [4.78, 5) is 2.28. The van der Waals surface area contributed by atoms with E-state index in [4.69, 9.17) is 11.6 Å². The van der Waals surface area contributed by atoms with Crippen molar-refractivity contribution >= 4 is 28.1 Å². The summed E-state index contributed by atoms with van der Waals surface area (Å²) in [7, 11) is 0. The van der Waals surface area contributed by atoms with Gasteiger partial charge in [-0.05, 0) is 49.2 Å². The molecule has 1 aliphatic rings. The Morgan fingerprint density at radius 3 is 2.91 bits per heavy atom. The molecule has 2 aromatic rings. The van der Waals surface area contributed by atoms with Gasteiger partial charge >= 0.3 is 0 Å². The van der Waals surface area contributed by atoms with Gasteiger partial charge in [0.25, 0.3) is 0 Å². The predicted molar refractivity (Wildman–Crippen MR) is 91.7 cm³/mol. The van der Waals surface area contributed by atoms with Gasteiger partial charge < -0.3 is 4.90 Å². The van der Waals surface area contributed by atoms with E-state index >= 15 is 0 Å². The average Bonchev–Trinajstić information content (AvgIpc) is 2.91. The number of halogens is 1. The molecule has 0 saturated carbocycles. The van der Waals surface area contributed by atoms with Crippen molar-refractivity contribution in [1.29, 1.82) is 5.26 Å². The molecule has 0 amide bonds. The van der Waals surface area contributed by atoms with Crippen molar-refractivity contribution in [2.45, 2.75) is 26.2 Å². The molecule has 3 nitrogen and oxygen atoms in total. The van der Waals surface area contributed by atoms with E-state index in [0.29, 0.717) is 16.6 Å². The molecule has 0 aliphatic carbocycles. The van der Waals surface area contributed by atoms with Gasteiger partial charge in [0.1, 0.15) is 16.6 Å². The normalized spacial score (nSPS) is 18.2. The van der Waals surface area contributed by atoms with Crippen LogP contribution >= 0.6 is 23.1 Å². The number of piperidine rings is 1. The van der Waals surface area contributed by atoms with Crippen molar-refractivity contribution in [3.63, 3.8) is 0 Å². The molecule has 22 heavy (non-hydrogen) atoms. The number of rotatable bonds is 3. The highest BCUT2D eigenvalue weighted by atomic mass is 35.5. The Balaban J connectivity index is 1.71. The van der Waals surface area contributed by atoms with E-state index in [0.717, 1.165) is 30.9 Å². The molecule has 1 atom stereocenters. The van der Waals surface area contributed by atoms with Crippen molar-refractivity contribution in [3.05, 3.63) is 46.1 Å². The SMILES string of the molecule is Cc1ccc(CC2CCCN(c3snc(Cl)c3C#N)C2)cc1. The van der Waals surface area contributed by atoms with Crippen LogP contribution in [-0.2, 0) is 6.42 Å². The average molecular weight is 332 g/mol. The van der Waals surface area contributed by atoms with Crippen molar-refractivity contribution in [3.8, 4) is 6.07 Å². The molecule has 1 aromatic carbocycles. The minimum Gasteiger partial charge on any atom is -0.361 e. The van der Waals surface area contributed by atoms with Gasteiger partial charge in [0.2, 0.25) is 0 Å². The van der Waals surface area contributed by atoms with Crippen LogP contribution in [0, 0.1) is 24.2 Å². The molecular formula is C17H18ClN3S. The van der Waals surface area contributed by atoms with Gasteiger partial charge in [-0.25, -0.2) is 0 Å². The Bertz CT molecular complexity index is 687. The zero-order valence-electron chi connectivity index (χ0n) is 12.6. The highest BCUT2D eigenvalue weighted by molar-refractivity contribution is 7.10. The first-order valence-electron chi connectivity index (χ1n) is 7.53. The van der Waals surface area contributed by atoms with Gasteiger partial charge in [-0.15, -0.1) is 0 Å². The lowest BCUT2D eigenvalue weighted by Crippen LogP contribution is -2.36. The fourth-order valence-corrected chi connectivity index (χ4v) is 4.11. The van der Waals surface area contributed by atoms with E-state index in [1.807, 2.05) is 0 Å². The molecule has 1 fully saturated rings. The fourth-order valence-electron chi connectivity index (χ4n) is 3.05. The topological polar surface area (TPSA) is 39.9 Å². The molecule has 1 saturated heterocycles. The molecule has 0 radical (unpaired) electrons. The Kier molecular flexibility index (Phi) is 4.66. The molecule has 0 bridgehead atoms. The summed E-state index contributed by atoms with van der Waals surface area (Å²) in [5.74, 6) is 0.615. The fraction of sp³-hybridized carbons (Fsp3) is 0.412. The predicted octanol–water partition coefficient (Wildman–Crippen LogP) is 4.44. The van der Waals surface area contributed by atoms with Gasteiger partial charge in [0.15, 0.2) is 5.15 Å².